The number of likely N-dealkylation sites (tertiary alicyclic amines) is 1. The molecule has 1 fully saturated rings. The molecular weight excluding hydrogens is 460 g/mol. The number of carbonyl (C=O) groups excluding carboxylic acids is 2. The van der Waals surface area contributed by atoms with Gasteiger partial charge in [-0.15, -0.1) is 0 Å². The minimum Gasteiger partial charge on any atom is -0.507 e. The van der Waals surface area contributed by atoms with Crippen molar-refractivity contribution < 1.29 is 28.9 Å². The number of ether oxygens (including phenoxy) is 3. The van der Waals surface area contributed by atoms with Gasteiger partial charge in [-0.2, -0.15) is 0 Å². The number of aromatic nitrogens is 1. The lowest BCUT2D eigenvalue weighted by molar-refractivity contribution is -0.140. The molecular formula is C28H24N2O6. The third-order valence-corrected chi connectivity index (χ3v) is 6.00. The second kappa shape index (κ2) is 9.95. The zero-order valence-corrected chi connectivity index (χ0v) is 19.4. The van der Waals surface area contributed by atoms with Gasteiger partial charge in [0.2, 0.25) is 0 Å². The molecule has 1 N–H and O–H groups in total. The molecule has 0 bridgehead atoms. The number of rotatable bonds is 7. The zero-order chi connectivity index (χ0) is 25.1. The molecule has 1 amide bonds. The van der Waals surface area contributed by atoms with E-state index in [1.54, 1.807) is 73.1 Å². The van der Waals surface area contributed by atoms with Crippen LogP contribution in [0, 0.1) is 0 Å². The van der Waals surface area contributed by atoms with Crippen LogP contribution < -0.4 is 14.2 Å². The van der Waals surface area contributed by atoms with Crippen molar-refractivity contribution in [3.8, 4) is 17.2 Å². The van der Waals surface area contributed by atoms with Gasteiger partial charge < -0.3 is 24.2 Å². The van der Waals surface area contributed by atoms with Crippen molar-refractivity contribution >= 4 is 17.4 Å². The Bertz CT molecular complexity index is 1350. The quantitative estimate of drug-likeness (QED) is 0.234. The lowest BCUT2D eigenvalue weighted by atomic mass is 9.95. The van der Waals surface area contributed by atoms with Crippen LogP contribution in [-0.4, -0.2) is 46.5 Å². The van der Waals surface area contributed by atoms with Crippen LogP contribution in [0.1, 0.15) is 22.7 Å². The van der Waals surface area contributed by atoms with Crippen molar-refractivity contribution in [2.45, 2.75) is 12.6 Å². The Kier molecular flexibility index (Phi) is 6.40. The summed E-state index contributed by atoms with van der Waals surface area (Å²) in [5, 5.41) is 11.4. The molecule has 36 heavy (non-hydrogen) atoms. The Balaban J connectivity index is 1.62. The van der Waals surface area contributed by atoms with E-state index in [-0.39, 0.29) is 17.9 Å². The number of aliphatic hydroxyl groups excluding tert-OH is 1. The molecule has 1 atom stereocenters. The largest absolute Gasteiger partial charge is 0.507 e. The SMILES string of the molecule is C=CCOc1cccc([C@H]2C(=C(O)c3ccc4c(c3)OCCO4)C(=O)C(=O)N2Cc2ccncc2)c1. The van der Waals surface area contributed by atoms with E-state index in [0.29, 0.717) is 48.2 Å². The second-order valence-electron chi connectivity index (χ2n) is 8.31. The predicted octanol–water partition coefficient (Wildman–Crippen LogP) is 4.04. The third kappa shape index (κ3) is 4.40. The fourth-order valence-electron chi connectivity index (χ4n) is 4.35. The molecule has 2 aliphatic heterocycles. The minimum atomic E-state index is -0.835. The van der Waals surface area contributed by atoms with Crippen LogP contribution in [0.3, 0.4) is 0 Å². The van der Waals surface area contributed by atoms with E-state index in [9.17, 15) is 14.7 Å². The summed E-state index contributed by atoms with van der Waals surface area (Å²) in [5.74, 6) is -0.175. The van der Waals surface area contributed by atoms with Gasteiger partial charge in [0.1, 0.15) is 31.3 Å². The normalized spacial score (nSPS) is 18.2. The first-order valence-electron chi connectivity index (χ1n) is 11.5. The van der Waals surface area contributed by atoms with Gasteiger partial charge in [-0.25, -0.2) is 0 Å². The Morgan fingerprint density at radius 2 is 1.86 bits per heavy atom. The number of ketones is 1. The van der Waals surface area contributed by atoms with Crippen molar-refractivity contribution in [3.05, 3.63) is 102 Å². The molecule has 1 aromatic heterocycles. The third-order valence-electron chi connectivity index (χ3n) is 6.00. The molecule has 8 nitrogen and oxygen atoms in total. The number of carbonyl (C=O) groups is 2. The van der Waals surface area contributed by atoms with E-state index in [1.165, 1.54) is 4.90 Å². The number of benzene rings is 2. The summed E-state index contributed by atoms with van der Waals surface area (Å²) in [6.07, 6.45) is 4.88. The topological polar surface area (TPSA) is 98.2 Å². The van der Waals surface area contributed by atoms with Crippen LogP contribution >= 0.6 is 0 Å². The molecule has 182 valence electrons. The summed E-state index contributed by atoms with van der Waals surface area (Å²) in [7, 11) is 0. The maximum atomic E-state index is 13.3. The van der Waals surface area contributed by atoms with E-state index in [0.717, 1.165) is 5.56 Å². The Labute approximate surface area is 208 Å². The number of nitrogens with zero attached hydrogens (tertiary/aromatic N) is 2. The Morgan fingerprint density at radius 3 is 2.64 bits per heavy atom. The van der Waals surface area contributed by atoms with Crippen LogP contribution in [0.15, 0.2) is 85.2 Å². The maximum absolute atomic E-state index is 13.3. The number of hydrogen-bond donors (Lipinski definition) is 1. The van der Waals surface area contributed by atoms with Crippen molar-refractivity contribution in [3.63, 3.8) is 0 Å². The monoisotopic (exact) mass is 484 g/mol. The first-order valence-corrected chi connectivity index (χ1v) is 11.5. The van der Waals surface area contributed by atoms with E-state index in [1.807, 2.05) is 0 Å². The highest BCUT2D eigenvalue weighted by Crippen LogP contribution is 2.42. The number of hydrogen-bond acceptors (Lipinski definition) is 7. The molecule has 0 aliphatic carbocycles. The van der Waals surface area contributed by atoms with E-state index < -0.39 is 17.7 Å². The smallest absolute Gasteiger partial charge is 0.295 e. The molecule has 2 aromatic carbocycles. The zero-order valence-electron chi connectivity index (χ0n) is 19.4. The summed E-state index contributed by atoms with van der Waals surface area (Å²) in [4.78, 5) is 32.1. The number of fused-ring (bicyclic) bond motifs is 1. The second-order valence-corrected chi connectivity index (χ2v) is 8.31. The van der Waals surface area contributed by atoms with Crippen molar-refractivity contribution in [1.29, 1.82) is 0 Å². The molecule has 1 saturated heterocycles. The number of Topliss-reactive ketones (excluding diaryl/α,β-unsaturated/α-hetero) is 1. The molecule has 0 radical (unpaired) electrons. The van der Waals surface area contributed by atoms with Gasteiger partial charge in [0, 0.05) is 24.5 Å². The molecule has 2 aliphatic rings. The summed E-state index contributed by atoms with van der Waals surface area (Å²) < 4.78 is 16.9. The summed E-state index contributed by atoms with van der Waals surface area (Å²) in [6.45, 7) is 4.94. The number of aliphatic hydroxyl groups is 1. The van der Waals surface area contributed by atoms with Crippen LogP contribution in [0.5, 0.6) is 17.2 Å². The highest BCUT2D eigenvalue weighted by atomic mass is 16.6. The van der Waals surface area contributed by atoms with Gasteiger partial charge in [-0.3, -0.25) is 14.6 Å². The molecule has 0 unspecified atom stereocenters. The standard InChI is InChI=1S/C28H24N2O6/c1-2-12-34-21-5-3-4-19(15-21)25-24(26(31)20-6-7-22-23(16-20)36-14-13-35-22)27(32)28(33)30(25)17-18-8-10-29-11-9-18/h2-11,15-16,25,31H,1,12-14,17H2/t25-/m0/s1. The van der Waals surface area contributed by atoms with Crippen molar-refractivity contribution in [2.75, 3.05) is 19.8 Å². The fourth-order valence-corrected chi connectivity index (χ4v) is 4.35. The molecule has 3 aromatic rings. The number of amides is 1. The van der Waals surface area contributed by atoms with Gasteiger partial charge in [-0.05, 0) is 53.6 Å². The maximum Gasteiger partial charge on any atom is 0.295 e. The molecule has 5 rings (SSSR count). The predicted molar refractivity (Wildman–Crippen MR) is 132 cm³/mol. The Morgan fingerprint density at radius 1 is 1.08 bits per heavy atom. The fraction of sp³-hybridized carbons (Fsp3) is 0.179. The van der Waals surface area contributed by atoms with E-state index in [4.69, 9.17) is 14.2 Å². The van der Waals surface area contributed by atoms with Gasteiger partial charge in [-0.1, -0.05) is 24.8 Å². The highest BCUT2D eigenvalue weighted by Gasteiger charge is 2.46. The van der Waals surface area contributed by atoms with Crippen molar-refractivity contribution in [1.82, 2.24) is 9.88 Å². The van der Waals surface area contributed by atoms with Gasteiger partial charge in [0.25, 0.3) is 11.7 Å². The van der Waals surface area contributed by atoms with Crippen LogP contribution in [-0.2, 0) is 16.1 Å². The summed E-state index contributed by atoms with van der Waals surface area (Å²) >= 11 is 0. The Hall–Kier alpha value is -4.59. The van der Waals surface area contributed by atoms with E-state index >= 15 is 0 Å². The molecule has 0 spiro atoms. The molecule has 3 heterocycles. The summed E-state index contributed by atoms with van der Waals surface area (Å²) in [6, 6.07) is 14.8. The molecule has 8 heteroatoms. The van der Waals surface area contributed by atoms with E-state index in [2.05, 4.69) is 11.6 Å². The van der Waals surface area contributed by atoms with Gasteiger partial charge >= 0.3 is 0 Å². The highest BCUT2D eigenvalue weighted by molar-refractivity contribution is 6.46. The average molecular weight is 485 g/mol. The average Bonchev–Trinajstić information content (AvgIpc) is 3.17. The van der Waals surface area contributed by atoms with Crippen LogP contribution in [0.2, 0.25) is 0 Å². The minimum absolute atomic E-state index is 0.00777. The summed E-state index contributed by atoms with van der Waals surface area (Å²) in [5.41, 5.74) is 1.77. The van der Waals surface area contributed by atoms with Gasteiger partial charge in [0.05, 0.1) is 11.6 Å². The first-order chi connectivity index (χ1) is 17.6. The van der Waals surface area contributed by atoms with Crippen molar-refractivity contribution in [2.24, 2.45) is 0 Å². The lowest BCUT2D eigenvalue weighted by Crippen LogP contribution is -2.29. The van der Waals surface area contributed by atoms with Gasteiger partial charge in [0.15, 0.2) is 11.5 Å². The number of pyridine rings is 1. The molecule has 0 saturated carbocycles. The van der Waals surface area contributed by atoms with Crippen LogP contribution in [0.4, 0.5) is 0 Å². The first kappa shape index (κ1) is 23.2. The lowest BCUT2D eigenvalue weighted by Gasteiger charge is -2.26. The van der Waals surface area contributed by atoms with Crippen LogP contribution in [0.25, 0.3) is 5.76 Å².